The fraction of sp³-hybridized carbons (Fsp3) is 0.471. The molecule has 7 heteroatoms. The molecule has 24 heavy (non-hydrogen) atoms. The molecular formula is C17H21N3O4. The van der Waals surface area contributed by atoms with Crippen LogP contribution in [-0.2, 0) is 9.59 Å². The van der Waals surface area contributed by atoms with Gasteiger partial charge in [-0.15, -0.1) is 0 Å². The number of anilines is 1. The van der Waals surface area contributed by atoms with Gasteiger partial charge in [-0.25, -0.2) is 4.79 Å². The van der Waals surface area contributed by atoms with E-state index in [1.54, 1.807) is 31.4 Å². The van der Waals surface area contributed by atoms with Gasteiger partial charge >= 0.3 is 6.03 Å². The minimum Gasteiger partial charge on any atom is -0.497 e. The lowest BCUT2D eigenvalue weighted by Crippen LogP contribution is -2.48. The molecule has 1 saturated carbocycles. The molecular weight excluding hydrogens is 310 g/mol. The fourth-order valence-electron chi connectivity index (χ4n) is 3.33. The Balaban J connectivity index is 1.63. The molecule has 1 heterocycles. The van der Waals surface area contributed by atoms with Gasteiger partial charge in [-0.05, 0) is 37.1 Å². The monoisotopic (exact) mass is 331 g/mol. The molecule has 1 aliphatic heterocycles. The van der Waals surface area contributed by atoms with Crippen molar-refractivity contribution >= 4 is 23.5 Å². The number of rotatable bonds is 4. The van der Waals surface area contributed by atoms with Crippen molar-refractivity contribution in [3.63, 3.8) is 0 Å². The minimum absolute atomic E-state index is 0.279. The molecule has 1 saturated heterocycles. The lowest BCUT2D eigenvalue weighted by Gasteiger charge is -2.30. The van der Waals surface area contributed by atoms with Crippen molar-refractivity contribution in [2.75, 3.05) is 19.0 Å². The molecule has 0 atom stereocenters. The summed E-state index contributed by atoms with van der Waals surface area (Å²) in [5.74, 6) is -0.00468. The molecule has 0 bridgehead atoms. The normalized spacial score (nSPS) is 19.3. The molecule has 0 radical (unpaired) electrons. The summed E-state index contributed by atoms with van der Waals surface area (Å²) < 4.78 is 5.06. The van der Waals surface area contributed by atoms with Gasteiger partial charge < -0.3 is 15.4 Å². The van der Waals surface area contributed by atoms with E-state index < -0.39 is 17.5 Å². The summed E-state index contributed by atoms with van der Waals surface area (Å²) in [4.78, 5) is 37.9. The lowest BCUT2D eigenvalue weighted by molar-refractivity contribution is -0.134. The van der Waals surface area contributed by atoms with Gasteiger partial charge in [0.2, 0.25) is 5.91 Å². The van der Waals surface area contributed by atoms with Crippen LogP contribution in [-0.4, -0.2) is 41.9 Å². The molecule has 2 aliphatic rings. The van der Waals surface area contributed by atoms with Crippen molar-refractivity contribution in [2.24, 2.45) is 0 Å². The van der Waals surface area contributed by atoms with Crippen LogP contribution < -0.4 is 15.4 Å². The number of methoxy groups -OCH3 is 1. The molecule has 0 aromatic heterocycles. The zero-order chi connectivity index (χ0) is 17.2. The Morgan fingerprint density at radius 3 is 2.50 bits per heavy atom. The third-order valence-corrected chi connectivity index (χ3v) is 4.63. The average Bonchev–Trinajstić information content (AvgIpc) is 2.80. The maximum Gasteiger partial charge on any atom is 0.325 e. The number of urea groups is 1. The quantitative estimate of drug-likeness (QED) is 0.825. The second-order valence-corrected chi connectivity index (χ2v) is 6.24. The van der Waals surface area contributed by atoms with Crippen LogP contribution in [0.3, 0.4) is 0 Å². The van der Waals surface area contributed by atoms with Gasteiger partial charge in [-0.3, -0.25) is 14.5 Å². The van der Waals surface area contributed by atoms with Crippen LogP contribution in [0, 0.1) is 0 Å². The highest BCUT2D eigenvalue weighted by atomic mass is 16.5. The highest BCUT2D eigenvalue weighted by molar-refractivity contribution is 6.10. The molecule has 3 rings (SSSR count). The van der Waals surface area contributed by atoms with Crippen molar-refractivity contribution in [3.8, 4) is 5.75 Å². The highest BCUT2D eigenvalue weighted by Crippen LogP contribution is 2.33. The van der Waals surface area contributed by atoms with Gasteiger partial charge in [0.25, 0.3) is 5.91 Å². The van der Waals surface area contributed by atoms with Crippen molar-refractivity contribution in [2.45, 2.75) is 37.6 Å². The lowest BCUT2D eigenvalue weighted by atomic mass is 9.82. The minimum atomic E-state index is -0.796. The van der Waals surface area contributed by atoms with Crippen LogP contribution in [0.1, 0.15) is 32.1 Å². The molecule has 1 spiro atoms. The summed E-state index contributed by atoms with van der Waals surface area (Å²) in [6, 6.07) is 6.36. The first-order valence-corrected chi connectivity index (χ1v) is 8.12. The summed E-state index contributed by atoms with van der Waals surface area (Å²) >= 11 is 0. The second-order valence-electron chi connectivity index (χ2n) is 6.24. The maximum atomic E-state index is 12.6. The Kier molecular flexibility index (Phi) is 4.42. The third-order valence-electron chi connectivity index (χ3n) is 4.63. The van der Waals surface area contributed by atoms with E-state index in [2.05, 4.69) is 10.6 Å². The van der Waals surface area contributed by atoms with Gasteiger partial charge in [-0.2, -0.15) is 0 Å². The zero-order valence-electron chi connectivity index (χ0n) is 13.6. The number of nitrogens with one attached hydrogen (secondary N) is 2. The van der Waals surface area contributed by atoms with Crippen molar-refractivity contribution in [3.05, 3.63) is 24.3 Å². The van der Waals surface area contributed by atoms with Crippen LogP contribution in [0.5, 0.6) is 5.75 Å². The maximum absolute atomic E-state index is 12.6. The molecule has 0 unspecified atom stereocenters. The number of carbonyl (C=O) groups is 3. The van der Waals surface area contributed by atoms with Crippen LogP contribution in [0.2, 0.25) is 0 Å². The number of imide groups is 1. The van der Waals surface area contributed by atoms with E-state index in [-0.39, 0.29) is 12.5 Å². The van der Waals surface area contributed by atoms with Crippen molar-refractivity contribution in [1.29, 1.82) is 0 Å². The van der Waals surface area contributed by atoms with E-state index >= 15 is 0 Å². The van der Waals surface area contributed by atoms with E-state index in [4.69, 9.17) is 4.74 Å². The predicted octanol–water partition coefficient (Wildman–Crippen LogP) is 1.89. The Morgan fingerprint density at radius 2 is 1.88 bits per heavy atom. The topological polar surface area (TPSA) is 87.7 Å². The summed E-state index contributed by atoms with van der Waals surface area (Å²) in [7, 11) is 1.56. The second kappa shape index (κ2) is 6.51. The molecule has 2 fully saturated rings. The molecule has 7 nitrogen and oxygen atoms in total. The van der Waals surface area contributed by atoms with Crippen LogP contribution in [0.25, 0.3) is 0 Å². The van der Waals surface area contributed by atoms with Crippen molar-refractivity contribution in [1.82, 2.24) is 10.2 Å². The molecule has 1 aliphatic carbocycles. The smallest absolute Gasteiger partial charge is 0.325 e. The molecule has 1 aromatic carbocycles. The Morgan fingerprint density at radius 1 is 1.21 bits per heavy atom. The van der Waals surface area contributed by atoms with E-state index in [0.717, 1.165) is 24.2 Å². The van der Waals surface area contributed by atoms with Gasteiger partial charge in [0, 0.05) is 5.69 Å². The summed E-state index contributed by atoms with van der Waals surface area (Å²) in [6.45, 7) is -0.279. The number of amides is 4. The van der Waals surface area contributed by atoms with E-state index in [1.807, 2.05) is 0 Å². The van der Waals surface area contributed by atoms with Crippen LogP contribution in [0.15, 0.2) is 24.3 Å². The van der Waals surface area contributed by atoms with E-state index in [1.165, 1.54) is 0 Å². The van der Waals surface area contributed by atoms with Gasteiger partial charge in [0.1, 0.15) is 17.8 Å². The number of nitrogens with zero attached hydrogens (tertiary/aromatic N) is 1. The van der Waals surface area contributed by atoms with Gasteiger partial charge in [0.15, 0.2) is 0 Å². The van der Waals surface area contributed by atoms with Crippen molar-refractivity contribution < 1.29 is 19.1 Å². The predicted molar refractivity (Wildman–Crippen MR) is 87.7 cm³/mol. The summed E-state index contributed by atoms with van der Waals surface area (Å²) in [5, 5.41) is 5.48. The first-order valence-electron chi connectivity index (χ1n) is 8.12. The zero-order valence-corrected chi connectivity index (χ0v) is 13.6. The Labute approximate surface area is 140 Å². The van der Waals surface area contributed by atoms with Crippen LogP contribution in [0.4, 0.5) is 10.5 Å². The number of hydrogen-bond acceptors (Lipinski definition) is 4. The van der Waals surface area contributed by atoms with E-state index in [9.17, 15) is 14.4 Å². The van der Waals surface area contributed by atoms with Gasteiger partial charge in [0.05, 0.1) is 7.11 Å². The average molecular weight is 331 g/mol. The molecule has 4 amide bonds. The largest absolute Gasteiger partial charge is 0.497 e. The SMILES string of the molecule is COc1ccc(NC(=O)CN2C(=O)NC3(CCCCC3)C2=O)cc1. The molecule has 1 aromatic rings. The molecule has 128 valence electrons. The van der Waals surface area contributed by atoms with Crippen LogP contribution >= 0.6 is 0 Å². The Bertz CT molecular complexity index is 650. The van der Waals surface area contributed by atoms with Gasteiger partial charge in [-0.1, -0.05) is 19.3 Å². The number of ether oxygens (including phenoxy) is 1. The number of benzene rings is 1. The summed E-state index contributed by atoms with van der Waals surface area (Å²) in [6.07, 6.45) is 4.20. The summed E-state index contributed by atoms with van der Waals surface area (Å²) in [5.41, 5.74) is -0.212. The van der Waals surface area contributed by atoms with E-state index in [0.29, 0.717) is 24.3 Å². The highest BCUT2D eigenvalue weighted by Gasteiger charge is 2.51. The Hall–Kier alpha value is -2.57. The standard InChI is InChI=1S/C17H21N3O4/c1-24-13-7-5-12(6-8-13)18-14(21)11-20-15(22)17(19-16(20)23)9-3-2-4-10-17/h5-8H,2-4,9-11H2,1H3,(H,18,21)(H,19,23). The first kappa shape index (κ1) is 16.3. The first-order chi connectivity index (χ1) is 11.5. The fourth-order valence-corrected chi connectivity index (χ4v) is 3.33. The molecule has 2 N–H and O–H groups in total. The number of carbonyl (C=O) groups excluding carboxylic acids is 3. The third kappa shape index (κ3) is 3.06. The number of hydrogen-bond donors (Lipinski definition) is 2.